The van der Waals surface area contributed by atoms with Crippen LogP contribution >= 0.6 is 0 Å². The van der Waals surface area contributed by atoms with Gasteiger partial charge >= 0.3 is 0 Å². The molecule has 32 heavy (non-hydrogen) atoms. The molecule has 0 bridgehead atoms. The topological polar surface area (TPSA) is 59.3 Å². The van der Waals surface area contributed by atoms with Crippen molar-refractivity contribution in [1.82, 2.24) is 0 Å². The molecule has 0 unspecified atom stereocenters. The summed E-state index contributed by atoms with van der Waals surface area (Å²) in [6.07, 6.45) is 3.15. The molecule has 1 saturated carbocycles. The third-order valence-corrected chi connectivity index (χ3v) is 11.5. The Balaban J connectivity index is 2.53. The Kier molecular flexibility index (Phi) is 8.44. The van der Waals surface area contributed by atoms with Gasteiger partial charge in [-0.2, -0.15) is 5.26 Å². The van der Waals surface area contributed by atoms with E-state index in [1.54, 1.807) is 6.08 Å². The quantitative estimate of drug-likeness (QED) is 0.201. The maximum atomic E-state index is 13.8. The van der Waals surface area contributed by atoms with E-state index in [2.05, 4.69) is 46.5 Å². The maximum absolute atomic E-state index is 13.8. The van der Waals surface area contributed by atoms with Gasteiger partial charge in [0, 0.05) is 12.8 Å². The Morgan fingerprint density at radius 2 is 1.97 bits per heavy atom. The van der Waals surface area contributed by atoms with Crippen molar-refractivity contribution in [3.63, 3.8) is 0 Å². The second-order valence-corrected chi connectivity index (χ2v) is 15.3. The van der Waals surface area contributed by atoms with Gasteiger partial charge in [-0.15, -0.1) is 6.58 Å². The Morgan fingerprint density at radius 1 is 1.31 bits per heavy atom. The van der Waals surface area contributed by atoms with Crippen molar-refractivity contribution in [3.05, 3.63) is 59.2 Å². The van der Waals surface area contributed by atoms with E-state index in [4.69, 9.17) is 9.16 Å². The van der Waals surface area contributed by atoms with Crippen molar-refractivity contribution < 1.29 is 14.0 Å². The normalized spacial score (nSPS) is 21.9. The van der Waals surface area contributed by atoms with Gasteiger partial charge in [0.2, 0.25) is 0 Å². The lowest BCUT2D eigenvalue weighted by Crippen LogP contribution is -2.50. The third-order valence-electron chi connectivity index (χ3n) is 6.92. The van der Waals surface area contributed by atoms with Crippen molar-refractivity contribution in [1.29, 1.82) is 5.26 Å². The van der Waals surface area contributed by atoms with Crippen LogP contribution in [0.25, 0.3) is 0 Å². The van der Waals surface area contributed by atoms with E-state index in [1.165, 1.54) is 0 Å². The zero-order valence-corrected chi connectivity index (χ0v) is 21.9. The summed E-state index contributed by atoms with van der Waals surface area (Å²) in [5.74, 6) is -0.0745. The van der Waals surface area contributed by atoms with E-state index in [0.29, 0.717) is 32.5 Å². The van der Waals surface area contributed by atoms with E-state index in [1.807, 2.05) is 38.1 Å². The fourth-order valence-corrected chi connectivity index (χ4v) is 5.44. The van der Waals surface area contributed by atoms with Gasteiger partial charge in [-0.05, 0) is 55.1 Å². The van der Waals surface area contributed by atoms with Crippen LogP contribution in [0.1, 0.15) is 58.6 Å². The first kappa shape index (κ1) is 26.3. The number of ether oxygens (including phenoxy) is 1. The van der Waals surface area contributed by atoms with Crippen LogP contribution in [0.2, 0.25) is 18.1 Å². The number of allylic oxidation sites excluding steroid dienone is 1. The number of hydrogen-bond acceptors (Lipinski definition) is 4. The van der Waals surface area contributed by atoms with Crippen molar-refractivity contribution >= 4 is 14.1 Å². The van der Waals surface area contributed by atoms with Crippen LogP contribution in [0.3, 0.4) is 0 Å². The molecule has 1 fully saturated rings. The van der Waals surface area contributed by atoms with E-state index >= 15 is 0 Å². The molecule has 1 aromatic carbocycles. The number of ketones is 1. The van der Waals surface area contributed by atoms with Crippen LogP contribution in [-0.4, -0.2) is 33.4 Å². The minimum atomic E-state index is -2.07. The Labute approximate surface area is 195 Å². The third kappa shape index (κ3) is 5.48. The Morgan fingerprint density at radius 3 is 2.53 bits per heavy atom. The second kappa shape index (κ2) is 10.3. The molecular formula is C27H39NO3Si. The molecule has 0 aliphatic heterocycles. The molecule has 0 saturated heterocycles. The van der Waals surface area contributed by atoms with E-state index in [-0.39, 0.29) is 16.9 Å². The van der Waals surface area contributed by atoms with Crippen molar-refractivity contribution in [3.8, 4) is 6.07 Å². The minimum Gasteiger partial charge on any atom is -0.414 e. The van der Waals surface area contributed by atoms with Crippen molar-refractivity contribution in [2.24, 2.45) is 0 Å². The molecular weight excluding hydrogens is 414 g/mol. The highest BCUT2D eigenvalue weighted by Crippen LogP contribution is 2.45. The van der Waals surface area contributed by atoms with Crippen LogP contribution in [0, 0.1) is 11.3 Å². The van der Waals surface area contributed by atoms with Crippen LogP contribution in [-0.2, 0) is 25.8 Å². The Bertz CT molecular complexity index is 916. The molecule has 0 aromatic heterocycles. The molecule has 1 aliphatic carbocycles. The van der Waals surface area contributed by atoms with E-state index in [9.17, 15) is 10.1 Å². The highest BCUT2D eigenvalue weighted by molar-refractivity contribution is 6.74. The molecule has 4 nitrogen and oxygen atoms in total. The fourth-order valence-electron chi connectivity index (χ4n) is 4.08. The average molecular weight is 454 g/mol. The Hall–Kier alpha value is -2.00. The summed E-state index contributed by atoms with van der Waals surface area (Å²) in [5.41, 5.74) is 2.22. The lowest BCUT2D eigenvalue weighted by atomic mass is 9.65. The first-order valence-corrected chi connectivity index (χ1v) is 14.4. The first-order valence-electron chi connectivity index (χ1n) is 11.5. The summed E-state index contributed by atoms with van der Waals surface area (Å²) in [7, 11) is -2.07. The van der Waals surface area contributed by atoms with Gasteiger partial charge in [0.25, 0.3) is 0 Å². The molecule has 2 atom stereocenters. The molecule has 2 rings (SSSR count). The van der Waals surface area contributed by atoms with Crippen LogP contribution in [0.15, 0.2) is 48.1 Å². The number of carbonyl (C=O) groups is 1. The molecule has 5 heteroatoms. The lowest BCUT2D eigenvalue weighted by Gasteiger charge is -2.44. The number of hydrogen-bond donors (Lipinski definition) is 0. The van der Waals surface area contributed by atoms with Gasteiger partial charge in [0.1, 0.15) is 5.41 Å². The summed E-state index contributed by atoms with van der Waals surface area (Å²) < 4.78 is 12.4. The van der Waals surface area contributed by atoms with Crippen LogP contribution < -0.4 is 0 Å². The molecule has 174 valence electrons. The van der Waals surface area contributed by atoms with Crippen molar-refractivity contribution in [2.75, 3.05) is 13.2 Å². The molecule has 0 N–H and O–H groups in total. The smallest absolute Gasteiger partial charge is 0.192 e. The summed E-state index contributed by atoms with van der Waals surface area (Å²) >= 11 is 0. The van der Waals surface area contributed by atoms with Gasteiger partial charge < -0.3 is 9.16 Å². The summed E-state index contributed by atoms with van der Waals surface area (Å²) in [5, 5.41) is 10.5. The van der Waals surface area contributed by atoms with Gasteiger partial charge in [-0.1, -0.05) is 56.7 Å². The predicted octanol–water partition coefficient (Wildman–Crippen LogP) is 6.28. The highest BCUT2D eigenvalue weighted by Gasteiger charge is 2.51. The zero-order chi connectivity index (χ0) is 24.2. The highest BCUT2D eigenvalue weighted by atomic mass is 28.4. The van der Waals surface area contributed by atoms with E-state index in [0.717, 1.165) is 22.3 Å². The number of rotatable bonds is 8. The number of benzene rings is 1. The molecule has 1 aliphatic rings. The molecule has 0 radical (unpaired) electrons. The number of nitrogens with zero attached hydrogens (tertiary/aromatic N) is 1. The second-order valence-electron chi connectivity index (χ2n) is 10.5. The number of carbonyl (C=O) groups excluding carboxylic acids is 1. The van der Waals surface area contributed by atoms with Crippen molar-refractivity contribution in [2.45, 2.75) is 83.5 Å². The van der Waals surface area contributed by atoms with E-state index < -0.39 is 13.7 Å². The fraction of sp³-hybridized carbons (Fsp3) is 0.556. The van der Waals surface area contributed by atoms with Gasteiger partial charge in [-0.3, -0.25) is 4.79 Å². The molecule has 0 heterocycles. The van der Waals surface area contributed by atoms with Gasteiger partial charge in [-0.25, -0.2) is 0 Å². The molecule has 0 amide bonds. The zero-order valence-electron chi connectivity index (χ0n) is 20.9. The summed E-state index contributed by atoms with van der Waals surface area (Å²) in [6.45, 7) is 19.7. The molecule has 0 spiro atoms. The summed E-state index contributed by atoms with van der Waals surface area (Å²) in [4.78, 5) is 13.8. The predicted molar refractivity (Wildman–Crippen MR) is 133 cm³/mol. The standard InChI is InChI=1S/C27H39NO3Si/c1-9-15-30-16-14-21-12-10-11-13-24(21)27(19-28)18-22(17-23(20(2)3)25(27)29)31-32(7,8)26(4,5)6/h9-13,22H,1,14-18H2,2-8H3/t22-,27+/m0/s1. The van der Waals surface area contributed by atoms with Crippen LogP contribution in [0.5, 0.6) is 0 Å². The molecule has 1 aromatic rings. The maximum Gasteiger partial charge on any atom is 0.192 e. The van der Waals surface area contributed by atoms with Gasteiger partial charge in [0.05, 0.1) is 25.4 Å². The largest absolute Gasteiger partial charge is 0.414 e. The lowest BCUT2D eigenvalue weighted by molar-refractivity contribution is -0.122. The summed E-state index contributed by atoms with van der Waals surface area (Å²) in [6, 6.07) is 10.3. The van der Waals surface area contributed by atoms with Gasteiger partial charge in [0.15, 0.2) is 14.1 Å². The SMILES string of the molecule is C=CCOCCc1ccccc1[C@]1(C#N)C[C@@H](O[Si](C)(C)C(C)(C)C)CC(=C(C)C)C1=O. The average Bonchev–Trinajstić information content (AvgIpc) is 2.71. The first-order chi connectivity index (χ1) is 14.9. The minimum absolute atomic E-state index is 0.0509. The number of nitriles is 1. The number of Topliss-reactive ketones (excluding diaryl/α,β-unsaturated/α-hetero) is 1. The monoisotopic (exact) mass is 453 g/mol. The van der Waals surface area contributed by atoms with Crippen LogP contribution in [0.4, 0.5) is 0 Å².